The van der Waals surface area contributed by atoms with Gasteiger partial charge in [-0.05, 0) is 49.2 Å². The van der Waals surface area contributed by atoms with Gasteiger partial charge >= 0.3 is 0 Å². The largest absolute Gasteiger partial charge is 0.437 e. The van der Waals surface area contributed by atoms with E-state index < -0.39 is 31.6 Å². The number of carbonyl (C=O) groups is 1. The van der Waals surface area contributed by atoms with Crippen molar-refractivity contribution in [3.8, 4) is 11.3 Å². The number of aryl methyl sites for hydroxylation is 1. The summed E-state index contributed by atoms with van der Waals surface area (Å²) in [5.41, 5.74) is 1.10. The number of rotatable bonds is 8. The topological polar surface area (TPSA) is 127 Å². The maximum absolute atomic E-state index is 13.4. The van der Waals surface area contributed by atoms with Gasteiger partial charge in [-0.15, -0.1) is 0 Å². The Kier molecular flexibility index (Phi) is 6.80. The van der Waals surface area contributed by atoms with Crippen LogP contribution in [0.1, 0.15) is 22.3 Å². The van der Waals surface area contributed by atoms with Gasteiger partial charge in [0.2, 0.25) is 15.7 Å². The van der Waals surface area contributed by atoms with Crippen molar-refractivity contribution in [2.45, 2.75) is 13.3 Å². The lowest BCUT2D eigenvalue weighted by Gasteiger charge is -2.22. The molecular weight excluding hydrogens is 473 g/mol. The summed E-state index contributed by atoms with van der Waals surface area (Å²) >= 11 is 0. The molecule has 12 heteroatoms. The lowest BCUT2D eigenvalue weighted by molar-refractivity contribution is 0.0964. The van der Waals surface area contributed by atoms with Crippen LogP contribution < -0.4 is 9.62 Å². The number of nitrogens with zero attached hydrogens (tertiary/aromatic N) is 2. The first-order valence-corrected chi connectivity index (χ1v) is 13.8. The lowest BCUT2D eigenvalue weighted by Crippen LogP contribution is -2.33. The summed E-state index contributed by atoms with van der Waals surface area (Å²) in [6.07, 6.45) is 2.15. The van der Waals surface area contributed by atoms with Gasteiger partial charge in [0.25, 0.3) is 5.91 Å². The van der Waals surface area contributed by atoms with Crippen LogP contribution in [0.5, 0.6) is 0 Å². The number of benzene rings is 1. The third kappa shape index (κ3) is 5.50. The zero-order valence-corrected chi connectivity index (χ0v) is 20.2. The number of fused-ring (bicyclic) bond motifs is 1. The number of pyridine rings is 1. The molecule has 1 N–H and O–H groups in total. The van der Waals surface area contributed by atoms with E-state index in [1.165, 1.54) is 31.3 Å². The van der Waals surface area contributed by atoms with Gasteiger partial charge in [-0.25, -0.2) is 21.2 Å². The normalized spacial score (nSPS) is 12.2. The van der Waals surface area contributed by atoms with Gasteiger partial charge in [0.05, 0.1) is 23.0 Å². The van der Waals surface area contributed by atoms with Gasteiger partial charge < -0.3 is 9.73 Å². The Hall–Kier alpha value is -2.99. The van der Waals surface area contributed by atoms with Crippen LogP contribution in [0.4, 0.5) is 10.2 Å². The van der Waals surface area contributed by atoms with Crippen molar-refractivity contribution in [1.29, 1.82) is 0 Å². The predicted molar refractivity (Wildman–Crippen MR) is 124 cm³/mol. The van der Waals surface area contributed by atoms with Crippen LogP contribution in [0, 0.1) is 12.7 Å². The minimum absolute atomic E-state index is 0.0188. The van der Waals surface area contributed by atoms with E-state index in [4.69, 9.17) is 4.42 Å². The number of anilines is 1. The third-order valence-electron chi connectivity index (χ3n) is 4.92. The molecule has 0 saturated heterocycles. The number of halogens is 1. The minimum atomic E-state index is -3.79. The van der Waals surface area contributed by atoms with Crippen LogP contribution in [0.15, 0.2) is 34.7 Å². The van der Waals surface area contributed by atoms with E-state index in [9.17, 15) is 26.0 Å². The molecule has 33 heavy (non-hydrogen) atoms. The molecule has 178 valence electrons. The van der Waals surface area contributed by atoms with Crippen molar-refractivity contribution in [3.05, 3.63) is 47.3 Å². The van der Waals surface area contributed by atoms with E-state index in [-0.39, 0.29) is 41.6 Å². The fourth-order valence-corrected chi connectivity index (χ4v) is 5.03. The summed E-state index contributed by atoms with van der Waals surface area (Å²) in [5.74, 6) is -0.852. The Bertz CT molecular complexity index is 1410. The summed E-state index contributed by atoms with van der Waals surface area (Å²) in [4.78, 5) is 17.0. The number of nitrogens with one attached hydrogen (secondary N) is 1. The summed E-state index contributed by atoms with van der Waals surface area (Å²) in [5, 5.41) is 2.90. The molecule has 0 unspecified atom stereocenters. The maximum Gasteiger partial charge on any atom is 0.255 e. The second-order valence-electron chi connectivity index (χ2n) is 7.69. The predicted octanol–water partition coefficient (Wildman–Crippen LogP) is 2.50. The molecule has 9 nitrogen and oxygen atoms in total. The Morgan fingerprint density at radius 1 is 1.15 bits per heavy atom. The van der Waals surface area contributed by atoms with Crippen molar-refractivity contribution in [2.75, 3.05) is 36.2 Å². The number of sulfone groups is 1. The highest BCUT2D eigenvalue weighted by Crippen LogP contribution is 2.36. The van der Waals surface area contributed by atoms with Gasteiger partial charge in [0.1, 0.15) is 27.2 Å². The number of carbonyl (C=O) groups excluding carboxylic acids is 1. The second kappa shape index (κ2) is 9.10. The van der Waals surface area contributed by atoms with E-state index in [0.717, 1.165) is 16.8 Å². The zero-order chi connectivity index (χ0) is 24.6. The molecule has 0 aliphatic rings. The first-order valence-electron chi connectivity index (χ1n) is 9.89. The van der Waals surface area contributed by atoms with Gasteiger partial charge in [-0.1, -0.05) is 0 Å². The first kappa shape index (κ1) is 24.6. The molecule has 0 radical (unpaired) electrons. The molecule has 0 atom stereocenters. The second-order valence-corrected chi connectivity index (χ2v) is 11.9. The number of hydrogen-bond donors (Lipinski definition) is 1. The van der Waals surface area contributed by atoms with Gasteiger partial charge in [-0.2, -0.15) is 4.98 Å². The monoisotopic (exact) mass is 497 g/mol. The smallest absolute Gasteiger partial charge is 0.255 e. The molecule has 0 fully saturated rings. The molecule has 0 aliphatic carbocycles. The minimum Gasteiger partial charge on any atom is -0.437 e. The average Bonchev–Trinajstić information content (AvgIpc) is 3.07. The van der Waals surface area contributed by atoms with E-state index in [0.29, 0.717) is 16.5 Å². The Labute approximate surface area is 191 Å². The van der Waals surface area contributed by atoms with Gasteiger partial charge in [0.15, 0.2) is 0 Å². The number of furan rings is 1. The van der Waals surface area contributed by atoms with Crippen LogP contribution in [0.25, 0.3) is 22.4 Å². The van der Waals surface area contributed by atoms with Crippen LogP contribution >= 0.6 is 0 Å². The molecule has 2 heterocycles. The molecule has 3 rings (SSSR count). The zero-order valence-electron chi connectivity index (χ0n) is 18.5. The molecular formula is C21H24FN3O6S2. The lowest BCUT2D eigenvalue weighted by atomic mass is 10.0. The van der Waals surface area contributed by atoms with E-state index in [1.54, 1.807) is 13.0 Å². The molecule has 0 aliphatic heterocycles. The summed E-state index contributed by atoms with van der Waals surface area (Å²) < 4.78 is 68.1. The molecule has 1 amide bonds. The fourth-order valence-electron chi connectivity index (χ4n) is 3.42. The van der Waals surface area contributed by atoms with Crippen molar-refractivity contribution in [1.82, 2.24) is 10.3 Å². The Morgan fingerprint density at radius 3 is 2.33 bits per heavy atom. The number of aromatic nitrogens is 1. The highest BCUT2D eigenvalue weighted by molar-refractivity contribution is 7.92. The summed E-state index contributed by atoms with van der Waals surface area (Å²) in [6, 6.07) is 6.97. The van der Waals surface area contributed by atoms with E-state index in [2.05, 4.69) is 10.3 Å². The third-order valence-corrected chi connectivity index (χ3v) is 7.11. The average molecular weight is 498 g/mol. The van der Waals surface area contributed by atoms with Crippen molar-refractivity contribution >= 4 is 42.7 Å². The van der Waals surface area contributed by atoms with Gasteiger partial charge in [0, 0.05) is 25.4 Å². The van der Waals surface area contributed by atoms with Crippen molar-refractivity contribution < 1.29 is 30.4 Å². The molecule has 1 aromatic carbocycles. The Morgan fingerprint density at radius 2 is 1.79 bits per heavy atom. The van der Waals surface area contributed by atoms with Crippen molar-refractivity contribution in [3.63, 3.8) is 0 Å². The molecule has 0 bridgehead atoms. The SMILES string of the molecule is CNC(=O)c1c(-c2ccc(F)cc2)oc2nc(N(CCCS(C)(=O)=O)S(C)(=O)=O)c(C)cc12. The number of sulfonamides is 1. The summed E-state index contributed by atoms with van der Waals surface area (Å²) in [7, 11) is -5.61. The molecule has 2 aromatic heterocycles. The summed E-state index contributed by atoms with van der Waals surface area (Å²) in [6.45, 7) is 1.54. The van der Waals surface area contributed by atoms with Gasteiger partial charge in [-0.3, -0.25) is 9.10 Å². The number of amides is 1. The number of hydrogen-bond acceptors (Lipinski definition) is 7. The van der Waals surface area contributed by atoms with Crippen LogP contribution in [-0.4, -0.2) is 59.6 Å². The molecule has 0 spiro atoms. The standard InChI is InChI=1S/C21H24FN3O6S2/c1-13-12-16-17(20(26)23-2)18(14-6-8-15(22)9-7-14)31-21(16)24-19(13)25(33(4,29)30)10-5-11-32(3,27)28/h6-9,12H,5,10-11H2,1-4H3,(H,23,26). The van der Waals surface area contributed by atoms with E-state index in [1.807, 2.05) is 0 Å². The van der Waals surface area contributed by atoms with Crippen molar-refractivity contribution in [2.24, 2.45) is 0 Å². The highest BCUT2D eigenvalue weighted by atomic mass is 32.2. The molecule has 3 aromatic rings. The quantitative estimate of drug-likeness (QED) is 0.507. The van der Waals surface area contributed by atoms with E-state index >= 15 is 0 Å². The Balaban J connectivity index is 2.17. The maximum atomic E-state index is 13.4. The van der Waals surface area contributed by atoms with Crippen LogP contribution in [0.3, 0.4) is 0 Å². The van der Waals surface area contributed by atoms with Crippen LogP contribution in [-0.2, 0) is 19.9 Å². The first-order chi connectivity index (χ1) is 15.3. The van der Waals surface area contributed by atoms with Crippen LogP contribution in [0.2, 0.25) is 0 Å². The fraction of sp³-hybridized carbons (Fsp3) is 0.333. The molecule has 0 saturated carbocycles. The highest BCUT2D eigenvalue weighted by Gasteiger charge is 2.27.